The number of ether oxygens (including phenoxy) is 1. The fourth-order valence-corrected chi connectivity index (χ4v) is 2.14. The lowest BCUT2D eigenvalue weighted by atomic mass is 9.76. The van der Waals surface area contributed by atoms with E-state index in [1.165, 1.54) is 0 Å². The van der Waals surface area contributed by atoms with Crippen LogP contribution in [0.1, 0.15) is 24.0 Å². The molecule has 1 unspecified atom stereocenters. The molecule has 0 amide bonds. The van der Waals surface area contributed by atoms with Gasteiger partial charge in [-0.25, -0.2) is 0 Å². The Balaban J connectivity index is 3.06. The van der Waals surface area contributed by atoms with E-state index < -0.39 is 11.4 Å². The standard InChI is InChI=1S/C14H21NO3/c1-11-5-3-6-12(9-11)14(10-15,13(16)17)7-4-8-18-2/h3,5-6,9H,4,7-8,10,15H2,1-2H3,(H,16,17). The first-order chi connectivity index (χ1) is 8.56. The van der Waals surface area contributed by atoms with Gasteiger partial charge in [0.15, 0.2) is 0 Å². The summed E-state index contributed by atoms with van der Waals surface area (Å²) < 4.78 is 4.99. The summed E-state index contributed by atoms with van der Waals surface area (Å²) in [5.74, 6) is -0.869. The van der Waals surface area contributed by atoms with Crippen LogP contribution in [0.4, 0.5) is 0 Å². The van der Waals surface area contributed by atoms with Gasteiger partial charge in [-0.3, -0.25) is 4.79 Å². The zero-order valence-corrected chi connectivity index (χ0v) is 11.0. The van der Waals surface area contributed by atoms with Gasteiger partial charge < -0.3 is 15.6 Å². The van der Waals surface area contributed by atoms with E-state index >= 15 is 0 Å². The van der Waals surface area contributed by atoms with Crippen molar-refractivity contribution in [3.8, 4) is 0 Å². The van der Waals surface area contributed by atoms with Gasteiger partial charge in [-0.1, -0.05) is 29.8 Å². The number of rotatable bonds is 7. The highest BCUT2D eigenvalue weighted by Crippen LogP contribution is 2.29. The molecule has 4 heteroatoms. The second kappa shape index (κ2) is 6.52. The molecule has 0 aliphatic rings. The summed E-state index contributed by atoms with van der Waals surface area (Å²) in [6.07, 6.45) is 1.16. The molecule has 0 saturated heterocycles. The summed E-state index contributed by atoms with van der Waals surface area (Å²) in [6.45, 7) is 2.58. The lowest BCUT2D eigenvalue weighted by Gasteiger charge is -2.28. The van der Waals surface area contributed by atoms with Crippen molar-refractivity contribution < 1.29 is 14.6 Å². The van der Waals surface area contributed by atoms with Gasteiger partial charge in [0.05, 0.1) is 0 Å². The Morgan fingerprint density at radius 2 is 2.22 bits per heavy atom. The molecular weight excluding hydrogens is 230 g/mol. The van der Waals surface area contributed by atoms with Crippen LogP contribution in [-0.2, 0) is 14.9 Å². The SMILES string of the molecule is COCCCC(CN)(C(=O)O)c1cccc(C)c1. The van der Waals surface area contributed by atoms with E-state index in [4.69, 9.17) is 10.5 Å². The van der Waals surface area contributed by atoms with Gasteiger partial charge in [-0.15, -0.1) is 0 Å². The van der Waals surface area contributed by atoms with Gasteiger partial charge in [-0.05, 0) is 25.3 Å². The summed E-state index contributed by atoms with van der Waals surface area (Å²) in [5.41, 5.74) is 6.55. The van der Waals surface area contributed by atoms with Crippen molar-refractivity contribution in [2.24, 2.45) is 5.73 Å². The topological polar surface area (TPSA) is 72.5 Å². The van der Waals surface area contributed by atoms with E-state index in [1.807, 2.05) is 31.2 Å². The Bertz CT molecular complexity index is 406. The van der Waals surface area contributed by atoms with Crippen molar-refractivity contribution in [3.05, 3.63) is 35.4 Å². The first-order valence-corrected chi connectivity index (χ1v) is 6.06. The largest absolute Gasteiger partial charge is 0.481 e. The minimum absolute atomic E-state index is 0.0928. The molecule has 0 aliphatic heterocycles. The van der Waals surface area contributed by atoms with Gasteiger partial charge in [0, 0.05) is 20.3 Å². The van der Waals surface area contributed by atoms with Crippen molar-refractivity contribution in [2.45, 2.75) is 25.2 Å². The average molecular weight is 251 g/mol. The molecule has 0 bridgehead atoms. The molecule has 1 aromatic rings. The van der Waals surface area contributed by atoms with Crippen LogP contribution in [0.25, 0.3) is 0 Å². The van der Waals surface area contributed by atoms with E-state index in [1.54, 1.807) is 7.11 Å². The molecule has 0 fully saturated rings. The Labute approximate surface area is 108 Å². The number of carboxylic acids is 1. The second-order valence-corrected chi connectivity index (χ2v) is 4.56. The molecule has 0 heterocycles. The van der Waals surface area contributed by atoms with Crippen molar-refractivity contribution in [3.63, 3.8) is 0 Å². The van der Waals surface area contributed by atoms with Crippen LogP contribution >= 0.6 is 0 Å². The van der Waals surface area contributed by atoms with E-state index in [2.05, 4.69) is 0 Å². The molecule has 0 spiro atoms. The normalized spacial score (nSPS) is 14.2. The third-order valence-corrected chi connectivity index (χ3v) is 3.28. The van der Waals surface area contributed by atoms with E-state index in [0.29, 0.717) is 19.4 Å². The molecule has 18 heavy (non-hydrogen) atoms. The van der Waals surface area contributed by atoms with Crippen LogP contribution in [0.15, 0.2) is 24.3 Å². The summed E-state index contributed by atoms with van der Waals surface area (Å²) in [7, 11) is 1.61. The van der Waals surface area contributed by atoms with Crippen LogP contribution in [0.5, 0.6) is 0 Å². The van der Waals surface area contributed by atoms with Crippen molar-refractivity contribution in [2.75, 3.05) is 20.3 Å². The summed E-state index contributed by atoms with van der Waals surface area (Å²) in [6, 6.07) is 7.55. The molecule has 100 valence electrons. The molecule has 3 N–H and O–H groups in total. The Morgan fingerprint density at radius 1 is 1.50 bits per heavy atom. The van der Waals surface area contributed by atoms with Gasteiger partial charge in [0.25, 0.3) is 0 Å². The molecule has 1 atom stereocenters. The zero-order chi connectivity index (χ0) is 13.6. The van der Waals surface area contributed by atoms with E-state index in [9.17, 15) is 9.90 Å². The van der Waals surface area contributed by atoms with Crippen molar-refractivity contribution >= 4 is 5.97 Å². The van der Waals surface area contributed by atoms with Crippen molar-refractivity contribution in [1.29, 1.82) is 0 Å². The number of carbonyl (C=O) groups is 1. The number of nitrogens with two attached hydrogens (primary N) is 1. The monoisotopic (exact) mass is 251 g/mol. The molecule has 0 aliphatic carbocycles. The first-order valence-electron chi connectivity index (χ1n) is 6.06. The van der Waals surface area contributed by atoms with Crippen LogP contribution in [0, 0.1) is 6.92 Å². The number of aliphatic carboxylic acids is 1. The fourth-order valence-electron chi connectivity index (χ4n) is 2.14. The van der Waals surface area contributed by atoms with Gasteiger partial charge in [0.2, 0.25) is 0 Å². The lowest BCUT2D eigenvalue weighted by molar-refractivity contribution is -0.144. The first kappa shape index (κ1) is 14.7. The van der Waals surface area contributed by atoms with Crippen LogP contribution in [0.3, 0.4) is 0 Å². The zero-order valence-electron chi connectivity index (χ0n) is 11.0. The highest BCUT2D eigenvalue weighted by Gasteiger charge is 2.38. The predicted octanol–water partition coefficient (Wildman–Crippen LogP) is 1.70. The molecule has 0 saturated carbocycles. The second-order valence-electron chi connectivity index (χ2n) is 4.56. The highest BCUT2D eigenvalue weighted by molar-refractivity contribution is 5.81. The summed E-state index contributed by atoms with van der Waals surface area (Å²) in [5, 5.41) is 9.55. The molecule has 1 rings (SSSR count). The van der Waals surface area contributed by atoms with Gasteiger partial charge in [0.1, 0.15) is 5.41 Å². The van der Waals surface area contributed by atoms with Crippen LogP contribution in [0.2, 0.25) is 0 Å². The minimum Gasteiger partial charge on any atom is -0.481 e. The fraction of sp³-hybridized carbons (Fsp3) is 0.500. The van der Waals surface area contributed by atoms with Crippen LogP contribution in [-0.4, -0.2) is 31.3 Å². The molecule has 1 aromatic carbocycles. The highest BCUT2D eigenvalue weighted by atomic mass is 16.5. The molecule has 0 radical (unpaired) electrons. The Kier molecular flexibility index (Phi) is 5.31. The molecule has 4 nitrogen and oxygen atoms in total. The molecular formula is C14H21NO3. The van der Waals surface area contributed by atoms with E-state index in [0.717, 1.165) is 11.1 Å². The Morgan fingerprint density at radius 3 is 2.72 bits per heavy atom. The maximum atomic E-state index is 11.6. The van der Waals surface area contributed by atoms with Gasteiger partial charge >= 0.3 is 5.97 Å². The number of methoxy groups -OCH3 is 1. The predicted molar refractivity (Wildman–Crippen MR) is 70.7 cm³/mol. The van der Waals surface area contributed by atoms with Crippen LogP contribution < -0.4 is 5.73 Å². The number of benzene rings is 1. The van der Waals surface area contributed by atoms with Gasteiger partial charge in [-0.2, -0.15) is 0 Å². The summed E-state index contributed by atoms with van der Waals surface area (Å²) >= 11 is 0. The third-order valence-electron chi connectivity index (χ3n) is 3.28. The smallest absolute Gasteiger partial charge is 0.315 e. The Hall–Kier alpha value is -1.39. The van der Waals surface area contributed by atoms with E-state index in [-0.39, 0.29) is 6.54 Å². The molecule has 0 aromatic heterocycles. The minimum atomic E-state index is -1.01. The number of aryl methyl sites for hydroxylation is 1. The third kappa shape index (κ3) is 3.09. The van der Waals surface area contributed by atoms with Crippen molar-refractivity contribution in [1.82, 2.24) is 0 Å². The maximum absolute atomic E-state index is 11.6. The quantitative estimate of drug-likeness (QED) is 0.723. The number of carboxylic acid groups (broad SMARTS) is 1. The number of hydrogen-bond acceptors (Lipinski definition) is 3. The summed E-state index contributed by atoms with van der Waals surface area (Å²) in [4.78, 5) is 11.6. The lowest BCUT2D eigenvalue weighted by Crippen LogP contribution is -2.43. The maximum Gasteiger partial charge on any atom is 0.315 e. The number of hydrogen-bond donors (Lipinski definition) is 2. The average Bonchev–Trinajstić information content (AvgIpc) is 2.34.